The number of nitrogens with one attached hydrogen (secondary N) is 2. The number of aryl methyl sites for hydroxylation is 2. The Labute approximate surface area is 272 Å². The van der Waals surface area contributed by atoms with Gasteiger partial charge in [-0.05, 0) is 88.6 Å². The Morgan fingerprint density at radius 3 is 2.64 bits per heavy atom. The number of aliphatic hydroxyl groups excluding tert-OH is 1. The van der Waals surface area contributed by atoms with Gasteiger partial charge in [-0.2, -0.15) is 0 Å². The van der Waals surface area contributed by atoms with Crippen LogP contribution >= 0.6 is 27.5 Å². The van der Waals surface area contributed by atoms with Crippen molar-refractivity contribution in [1.29, 1.82) is 0 Å². The molecular weight excluding hydrogens is 644 g/mol. The van der Waals surface area contributed by atoms with Crippen molar-refractivity contribution in [2.45, 2.75) is 75.7 Å². The number of carbonyl (C=O) groups is 2. The van der Waals surface area contributed by atoms with Gasteiger partial charge in [0.2, 0.25) is 5.91 Å². The third-order valence-electron chi connectivity index (χ3n) is 9.16. The number of halogens is 2. The second-order valence-electron chi connectivity index (χ2n) is 12.2. The number of rotatable bonds is 7. The summed E-state index contributed by atoms with van der Waals surface area (Å²) in [5.74, 6) is -0.269. The summed E-state index contributed by atoms with van der Waals surface area (Å²) in [4.78, 5) is 36.4. The lowest BCUT2D eigenvalue weighted by molar-refractivity contribution is -0.128. The molecule has 0 spiro atoms. The van der Waals surface area contributed by atoms with E-state index in [1.165, 1.54) is 12.0 Å². The van der Waals surface area contributed by atoms with Gasteiger partial charge in [-0.3, -0.25) is 14.7 Å². The van der Waals surface area contributed by atoms with Gasteiger partial charge in [0, 0.05) is 66.9 Å². The standard InChI is InChI=1S/C33H40BrClN6O3/c34-24-16-23-9-8-22-17-25(35)10-11-28(22)31(30(23)36-18-24)40-14-15-41(33(44)38-26-6-2-1-3-7-26)29(21-40)32(43)37-19-27(42)20-39-12-4-5-13-39/h4-5,10-13,16-18,26-27,29,31,42H,1-3,6-9,14-15,19-21H2,(H,37,43)(H,38,44)/t27?,29-,31?/m1/s1. The van der Waals surface area contributed by atoms with Crippen molar-refractivity contribution < 1.29 is 14.7 Å². The molecule has 44 heavy (non-hydrogen) atoms. The maximum absolute atomic E-state index is 13.9. The van der Waals surface area contributed by atoms with Gasteiger partial charge in [0.1, 0.15) is 6.04 Å². The van der Waals surface area contributed by atoms with Crippen molar-refractivity contribution >= 4 is 39.5 Å². The fourth-order valence-corrected chi connectivity index (χ4v) is 7.50. The van der Waals surface area contributed by atoms with Crippen molar-refractivity contribution in [3.05, 3.63) is 86.9 Å². The summed E-state index contributed by atoms with van der Waals surface area (Å²) in [6.07, 6.45) is 11.8. The third kappa shape index (κ3) is 7.14. The van der Waals surface area contributed by atoms with Gasteiger partial charge in [-0.15, -0.1) is 0 Å². The van der Waals surface area contributed by atoms with E-state index in [9.17, 15) is 14.7 Å². The van der Waals surface area contributed by atoms with E-state index >= 15 is 0 Å². The van der Waals surface area contributed by atoms with E-state index in [0.29, 0.717) is 31.2 Å². The molecule has 1 saturated carbocycles. The number of aromatic nitrogens is 2. The fraction of sp³-hybridized carbons (Fsp3) is 0.485. The highest BCUT2D eigenvalue weighted by atomic mass is 79.9. The van der Waals surface area contributed by atoms with Crippen LogP contribution in [0.4, 0.5) is 4.79 Å². The summed E-state index contributed by atoms with van der Waals surface area (Å²) in [5, 5.41) is 17.5. The first kappa shape index (κ1) is 31.1. The van der Waals surface area contributed by atoms with Crippen molar-refractivity contribution in [1.82, 2.24) is 30.0 Å². The number of urea groups is 1. The third-order valence-corrected chi connectivity index (χ3v) is 9.83. The number of pyridine rings is 1. The van der Waals surface area contributed by atoms with Crippen molar-refractivity contribution in [2.75, 3.05) is 26.2 Å². The average Bonchev–Trinajstić information content (AvgIpc) is 3.48. The maximum atomic E-state index is 13.9. The lowest BCUT2D eigenvalue weighted by Crippen LogP contribution is -2.63. The quantitative estimate of drug-likeness (QED) is 0.336. The molecule has 2 aromatic heterocycles. The zero-order chi connectivity index (χ0) is 30.6. The van der Waals surface area contributed by atoms with Gasteiger partial charge < -0.3 is 25.2 Å². The van der Waals surface area contributed by atoms with Crippen LogP contribution in [0.15, 0.2) is 59.5 Å². The molecule has 3 atom stereocenters. The molecular formula is C33H40BrClN6O3. The van der Waals surface area contributed by atoms with E-state index in [1.54, 1.807) is 4.90 Å². The zero-order valence-electron chi connectivity index (χ0n) is 24.8. The number of piperazine rings is 1. The lowest BCUT2D eigenvalue weighted by atomic mass is 9.95. The minimum atomic E-state index is -0.761. The SMILES string of the molecule is O=C(NCC(O)Cn1cccc1)[C@H]1CN(C2c3ccc(Cl)cc3CCc3cc(Br)cnc32)CCN1C(=O)NC1CCCCC1. The second kappa shape index (κ2) is 14.0. The first-order chi connectivity index (χ1) is 21.4. The Kier molecular flexibility index (Phi) is 9.90. The first-order valence-electron chi connectivity index (χ1n) is 15.7. The monoisotopic (exact) mass is 682 g/mol. The number of hydrogen-bond donors (Lipinski definition) is 3. The summed E-state index contributed by atoms with van der Waals surface area (Å²) >= 11 is 10.0. The molecule has 3 N–H and O–H groups in total. The van der Waals surface area contributed by atoms with Gasteiger partial charge in [0.05, 0.1) is 17.8 Å². The molecule has 0 bridgehead atoms. The van der Waals surface area contributed by atoms with Crippen LogP contribution in [-0.4, -0.2) is 80.8 Å². The molecule has 1 aliphatic heterocycles. The predicted molar refractivity (Wildman–Crippen MR) is 174 cm³/mol. The highest BCUT2D eigenvalue weighted by molar-refractivity contribution is 9.10. The molecule has 1 aromatic carbocycles. The summed E-state index contributed by atoms with van der Waals surface area (Å²) in [7, 11) is 0. The number of nitrogens with zero attached hydrogens (tertiary/aromatic N) is 4. The van der Waals surface area contributed by atoms with Crippen LogP contribution in [0.2, 0.25) is 5.02 Å². The Morgan fingerprint density at radius 1 is 1.07 bits per heavy atom. The van der Waals surface area contributed by atoms with Crippen LogP contribution in [0.5, 0.6) is 0 Å². The molecule has 9 nitrogen and oxygen atoms in total. The minimum Gasteiger partial charge on any atom is -0.389 e. The normalized spacial score (nSPS) is 21.6. The molecule has 2 fully saturated rings. The molecule has 6 rings (SSSR count). The van der Waals surface area contributed by atoms with Gasteiger partial charge in [-0.25, -0.2) is 4.79 Å². The molecule has 3 aliphatic rings. The number of benzene rings is 1. The van der Waals surface area contributed by atoms with Gasteiger partial charge in [-0.1, -0.05) is 36.9 Å². The number of carbonyl (C=O) groups excluding carboxylic acids is 2. The smallest absolute Gasteiger partial charge is 0.318 e. The largest absolute Gasteiger partial charge is 0.389 e. The highest BCUT2D eigenvalue weighted by Gasteiger charge is 2.41. The van der Waals surface area contributed by atoms with Gasteiger partial charge in [0.15, 0.2) is 0 Å². The number of fused-ring (bicyclic) bond motifs is 2. The molecule has 3 amide bonds. The summed E-state index contributed by atoms with van der Waals surface area (Å²) < 4.78 is 2.81. The molecule has 0 radical (unpaired) electrons. The number of aliphatic hydroxyl groups is 1. The minimum absolute atomic E-state index is 0.0920. The van der Waals surface area contributed by atoms with E-state index in [4.69, 9.17) is 16.6 Å². The van der Waals surface area contributed by atoms with Crippen LogP contribution in [-0.2, 0) is 24.2 Å². The maximum Gasteiger partial charge on any atom is 0.318 e. The molecule has 2 unspecified atom stereocenters. The second-order valence-corrected chi connectivity index (χ2v) is 13.6. The Balaban J connectivity index is 1.26. The molecule has 11 heteroatoms. The van der Waals surface area contributed by atoms with E-state index < -0.39 is 12.1 Å². The van der Waals surface area contributed by atoms with Crippen molar-refractivity contribution in [3.8, 4) is 0 Å². The van der Waals surface area contributed by atoms with Crippen LogP contribution in [0.25, 0.3) is 0 Å². The molecule has 3 aromatic rings. The van der Waals surface area contributed by atoms with Gasteiger partial charge >= 0.3 is 6.03 Å². The van der Waals surface area contributed by atoms with Crippen LogP contribution < -0.4 is 10.6 Å². The fourth-order valence-electron chi connectivity index (χ4n) is 6.93. The Bertz CT molecular complexity index is 1410. The Hall–Kier alpha value is -2.92. The van der Waals surface area contributed by atoms with E-state index in [0.717, 1.165) is 59.8 Å². The molecule has 3 heterocycles. The zero-order valence-corrected chi connectivity index (χ0v) is 27.1. The van der Waals surface area contributed by atoms with Crippen molar-refractivity contribution in [3.63, 3.8) is 0 Å². The average molecular weight is 684 g/mol. The topological polar surface area (TPSA) is 103 Å². The van der Waals surface area contributed by atoms with Crippen LogP contribution in [0, 0.1) is 0 Å². The van der Waals surface area contributed by atoms with Crippen LogP contribution in [0.3, 0.4) is 0 Å². The summed E-state index contributed by atoms with van der Waals surface area (Å²) in [6.45, 7) is 1.78. The van der Waals surface area contributed by atoms with E-state index in [2.05, 4.69) is 43.6 Å². The molecule has 234 valence electrons. The molecule has 2 aliphatic carbocycles. The molecule has 1 saturated heterocycles. The highest BCUT2D eigenvalue weighted by Crippen LogP contribution is 2.38. The number of hydrogen-bond acceptors (Lipinski definition) is 5. The van der Waals surface area contributed by atoms with Crippen molar-refractivity contribution in [2.24, 2.45) is 0 Å². The van der Waals surface area contributed by atoms with Crippen LogP contribution in [0.1, 0.15) is 60.5 Å². The lowest BCUT2D eigenvalue weighted by Gasteiger charge is -2.44. The van der Waals surface area contributed by atoms with E-state index in [-0.39, 0.29) is 30.6 Å². The van der Waals surface area contributed by atoms with E-state index in [1.807, 2.05) is 47.4 Å². The predicted octanol–water partition coefficient (Wildman–Crippen LogP) is 4.69. The Morgan fingerprint density at radius 2 is 1.84 bits per heavy atom. The van der Waals surface area contributed by atoms with Gasteiger partial charge in [0.25, 0.3) is 0 Å². The summed E-state index contributed by atoms with van der Waals surface area (Å²) in [6, 6.07) is 11.0. The summed E-state index contributed by atoms with van der Waals surface area (Å²) in [5.41, 5.74) is 4.42. The number of amides is 3. The first-order valence-corrected chi connectivity index (χ1v) is 16.8.